The van der Waals surface area contributed by atoms with Crippen LogP contribution in [0.3, 0.4) is 0 Å². The number of hydrogen-bond donors (Lipinski definition) is 0. The van der Waals surface area contributed by atoms with E-state index in [0.717, 1.165) is 0 Å². The Hall–Kier alpha value is 0.636. The van der Waals surface area contributed by atoms with E-state index in [1.54, 1.807) is 0 Å². The van der Waals surface area contributed by atoms with Crippen molar-refractivity contribution < 1.29 is 0 Å². The van der Waals surface area contributed by atoms with E-state index < -0.39 is 0 Å². The van der Waals surface area contributed by atoms with Crippen molar-refractivity contribution in [2.75, 3.05) is 0 Å². The third kappa shape index (κ3) is 6720. The molecule has 0 nitrogen and oxygen atoms in total. The summed E-state index contributed by atoms with van der Waals surface area (Å²) >= 11 is 0. The number of hydrogen-bond acceptors (Lipinski definition) is 0. The van der Waals surface area contributed by atoms with Crippen molar-refractivity contribution in [1.29, 1.82) is 0 Å². The largest absolute Gasteiger partial charge is 0.0604 e. The van der Waals surface area contributed by atoms with E-state index in [9.17, 15) is 0 Å². The van der Waals surface area contributed by atoms with E-state index in [0.29, 0.717) is 16.2 Å². The molecular formula is C15H36Ga. The van der Waals surface area contributed by atoms with Crippen molar-refractivity contribution in [3.05, 3.63) is 0 Å². The second-order valence-corrected chi connectivity index (χ2v) is 9.00. The summed E-state index contributed by atoms with van der Waals surface area (Å²) in [7, 11) is 0. The minimum Gasteiger partial charge on any atom is -0.0604 e. The van der Waals surface area contributed by atoms with Gasteiger partial charge in [0.05, 0.1) is 0 Å². The molecule has 0 unspecified atom stereocenters. The predicted molar refractivity (Wildman–Crippen MR) is 81.1 cm³/mol. The van der Waals surface area contributed by atoms with Crippen molar-refractivity contribution in [3.8, 4) is 0 Å². The third-order valence-corrected chi connectivity index (χ3v) is 0. The van der Waals surface area contributed by atoms with E-state index in [1.165, 1.54) is 0 Å². The molecule has 0 fully saturated rings. The Kier molecular flexibility index (Phi) is 15.4. The van der Waals surface area contributed by atoms with Gasteiger partial charge in [-0.2, -0.15) is 0 Å². The molecule has 0 saturated heterocycles. The number of rotatable bonds is 0. The van der Waals surface area contributed by atoms with Gasteiger partial charge in [0.1, 0.15) is 0 Å². The van der Waals surface area contributed by atoms with Crippen LogP contribution in [0.2, 0.25) is 0 Å². The van der Waals surface area contributed by atoms with Crippen molar-refractivity contribution in [2.24, 2.45) is 16.2 Å². The summed E-state index contributed by atoms with van der Waals surface area (Å²) in [5.41, 5.74) is 1.50. The molecule has 0 aromatic carbocycles. The normalized spacial score (nSPS) is 11.2. The molecule has 0 heterocycles. The summed E-state index contributed by atoms with van der Waals surface area (Å²) in [5.74, 6) is 0. The molecule has 0 spiro atoms. The minimum atomic E-state index is 0. The molecular weight excluding hydrogens is 250 g/mol. The van der Waals surface area contributed by atoms with Crippen LogP contribution < -0.4 is 0 Å². The first-order valence-electron chi connectivity index (χ1n) is 6.00. The van der Waals surface area contributed by atoms with Crippen molar-refractivity contribution in [2.45, 2.75) is 83.1 Å². The van der Waals surface area contributed by atoms with Gasteiger partial charge in [-0.25, -0.2) is 0 Å². The second kappa shape index (κ2) is 9.64. The van der Waals surface area contributed by atoms with Crippen molar-refractivity contribution in [1.82, 2.24) is 0 Å². The van der Waals surface area contributed by atoms with Crippen LogP contribution in [-0.4, -0.2) is 19.8 Å². The summed E-state index contributed by atoms with van der Waals surface area (Å²) in [4.78, 5) is 0. The van der Waals surface area contributed by atoms with E-state index in [4.69, 9.17) is 0 Å². The Balaban J connectivity index is -0.0000000655. The molecule has 0 rings (SSSR count). The van der Waals surface area contributed by atoms with Gasteiger partial charge in [0, 0.05) is 19.8 Å². The maximum atomic E-state index is 2.19. The average Bonchev–Trinajstić information content (AvgIpc) is 1.41. The molecule has 0 amide bonds. The summed E-state index contributed by atoms with van der Waals surface area (Å²) in [6.07, 6.45) is 0. The van der Waals surface area contributed by atoms with Gasteiger partial charge in [-0.05, 0) is 16.2 Å². The molecule has 16 heavy (non-hydrogen) atoms. The van der Waals surface area contributed by atoms with Gasteiger partial charge in [0.25, 0.3) is 0 Å². The summed E-state index contributed by atoms with van der Waals surface area (Å²) in [5, 5.41) is 0. The van der Waals surface area contributed by atoms with Gasteiger partial charge in [-0.15, -0.1) is 0 Å². The maximum Gasteiger partial charge on any atom is 0 e. The second-order valence-electron chi connectivity index (χ2n) is 9.00. The van der Waals surface area contributed by atoms with Gasteiger partial charge in [0.15, 0.2) is 0 Å². The molecule has 0 aromatic rings. The molecule has 1 heteroatoms. The SMILES string of the molecule is CC(C)(C)C.CC(C)(C)C.CC(C)(C)C.[Ga]. The van der Waals surface area contributed by atoms with E-state index >= 15 is 0 Å². The fourth-order valence-electron chi connectivity index (χ4n) is 0. The molecule has 0 aliphatic rings. The molecule has 0 aliphatic heterocycles. The first-order chi connectivity index (χ1) is 6.00. The zero-order valence-electron chi connectivity index (χ0n) is 14.1. The Morgan fingerprint density at radius 3 is 0.312 bits per heavy atom. The maximum absolute atomic E-state index is 2.19. The molecule has 0 N–H and O–H groups in total. The van der Waals surface area contributed by atoms with Gasteiger partial charge in [-0.3, -0.25) is 0 Å². The van der Waals surface area contributed by atoms with Crippen molar-refractivity contribution >= 4 is 19.8 Å². The van der Waals surface area contributed by atoms with Gasteiger partial charge in [0.2, 0.25) is 0 Å². The van der Waals surface area contributed by atoms with E-state index in [2.05, 4.69) is 83.1 Å². The van der Waals surface area contributed by atoms with Crippen LogP contribution >= 0.6 is 0 Å². The summed E-state index contributed by atoms with van der Waals surface area (Å²) < 4.78 is 0. The summed E-state index contributed by atoms with van der Waals surface area (Å²) in [6, 6.07) is 0. The Bertz CT molecular complexity index is 80.5. The molecule has 3 radical (unpaired) electrons. The molecule has 99 valence electrons. The van der Waals surface area contributed by atoms with Crippen LogP contribution in [0.25, 0.3) is 0 Å². The Morgan fingerprint density at radius 2 is 0.312 bits per heavy atom. The van der Waals surface area contributed by atoms with Gasteiger partial charge >= 0.3 is 0 Å². The quantitative estimate of drug-likeness (QED) is 0.495. The van der Waals surface area contributed by atoms with E-state index in [1.807, 2.05) is 0 Å². The fourth-order valence-corrected chi connectivity index (χ4v) is 0. The van der Waals surface area contributed by atoms with Crippen LogP contribution in [0, 0.1) is 16.2 Å². The smallest absolute Gasteiger partial charge is 0 e. The average molecular weight is 286 g/mol. The van der Waals surface area contributed by atoms with Crippen LogP contribution in [0.15, 0.2) is 0 Å². The topological polar surface area (TPSA) is 0 Å². The minimum absolute atomic E-state index is 0. The summed E-state index contributed by atoms with van der Waals surface area (Å²) in [6.45, 7) is 26.2. The predicted octanol–water partition coefficient (Wildman–Crippen LogP) is 5.78. The first-order valence-corrected chi connectivity index (χ1v) is 6.00. The van der Waals surface area contributed by atoms with Crippen LogP contribution in [-0.2, 0) is 0 Å². The zero-order chi connectivity index (χ0) is 13.5. The molecule has 0 bridgehead atoms. The molecule has 0 saturated carbocycles. The van der Waals surface area contributed by atoms with Gasteiger partial charge in [-0.1, -0.05) is 83.1 Å². The Labute approximate surface area is 119 Å². The standard InChI is InChI=1S/3C5H12.Ga/c3*1-5(2,3)4;/h3*1-4H3;. The monoisotopic (exact) mass is 285 g/mol. The molecule has 0 aliphatic carbocycles. The van der Waals surface area contributed by atoms with Crippen LogP contribution in [0.1, 0.15) is 83.1 Å². The first kappa shape index (κ1) is 25.5. The molecule has 0 aromatic heterocycles. The van der Waals surface area contributed by atoms with Gasteiger partial charge < -0.3 is 0 Å². The fraction of sp³-hybridized carbons (Fsp3) is 1.00. The Morgan fingerprint density at radius 1 is 0.312 bits per heavy atom. The van der Waals surface area contributed by atoms with Crippen LogP contribution in [0.4, 0.5) is 0 Å². The van der Waals surface area contributed by atoms with Crippen molar-refractivity contribution in [3.63, 3.8) is 0 Å². The van der Waals surface area contributed by atoms with Crippen LogP contribution in [0.5, 0.6) is 0 Å². The molecule has 0 atom stereocenters. The third-order valence-electron chi connectivity index (χ3n) is 0. The van der Waals surface area contributed by atoms with E-state index in [-0.39, 0.29) is 19.8 Å². The zero-order valence-corrected chi connectivity index (χ0v) is 16.5.